The van der Waals surface area contributed by atoms with Crippen molar-refractivity contribution < 1.29 is 34.2 Å². The maximum absolute atomic E-state index is 12.9. The minimum atomic E-state index is -1.56. The number of carbonyl (C=O) groups excluding carboxylic acids is 3. The van der Waals surface area contributed by atoms with Gasteiger partial charge in [0.25, 0.3) is 0 Å². The largest absolute Gasteiger partial charge is 0.481 e. The summed E-state index contributed by atoms with van der Waals surface area (Å²) in [6.07, 6.45) is 2.63. The van der Waals surface area contributed by atoms with Crippen molar-refractivity contribution in [3.63, 3.8) is 0 Å². The molecule has 0 saturated heterocycles. The molecule has 0 radical (unpaired) electrons. The number of aromatic nitrogens is 2. The molecule has 32 heavy (non-hydrogen) atoms. The zero-order valence-electron chi connectivity index (χ0n) is 18.1. The lowest BCUT2D eigenvalue weighted by atomic mass is 9.98. The lowest BCUT2D eigenvalue weighted by Gasteiger charge is -2.25. The molecule has 8 N–H and O–H groups in total. The molecule has 1 heterocycles. The van der Waals surface area contributed by atoms with E-state index in [2.05, 4.69) is 25.9 Å². The molecule has 1 aromatic heterocycles. The monoisotopic (exact) mass is 454 g/mol. The number of nitrogens with zero attached hydrogens (tertiary/aromatic N) is 1. The van der Waals surface area contributed by atoms with Crippen molar-refractivity contribution in [1.82, 2.24) is 25.9 Å². The van der Waals surface area contributed by atoms with E-state index in [1.165, 1.54) is 19.4 Å². The average Bonchev–Trinajstić information content (AvgIpc) is 3.23. The summed E-state index contributed by atoms with van der Waals surface area (Å²) in [5.74, 6) is -5.29. The zero-order valence-corrected chi connectivity index (χ0v) is 18.1. The third-order valence-corrected chi connectivity index (χ3v) is 4.91. The average molecular weight is 454 g/mol. The molecular weight excluding hydrogens is 424 g/mol. The van der Waals surface area contributed by atoms with Crippen LogP contribution in [0.4, 0.5) is 0 Å². The van der Waals surface area contributed by atoms with E-state index in [4.69, 9.17) is 15.9 Å². The number of nitrogens with one attached hydrogen (secondary N) is 4. The SMILES string of the molecule is CCC(C)C(N)C(=O)NC(Cc1cnc[nH]1)C(=O)NC(CC(=O)O)C(=O)NC(C)C(=O)O. The van der Waals surface area contributed by atoms with Crippen molar-refractivity contribution in [2.24, 2.45) is 11.7 Å². The van der Waals surface area contributed by atoms with Crippen LogP contribution in [0.25, 0.3) is 0 Å². The smallest absolute Gasteiger partial charge is 0.325 e. The summed E-state index contributed by atoms with van der Waals surface area (Å²) in [5, 5.41) is 25.0. The molecule has 0 aliphatic carbocycles. The van der Waals surface area contributed by atoms with Crippen LogP contribution in [0, 0.1) is 5.92 Å². The van der Waals surface area contributed by atoms with Gasteiger partial charge in [-0.1, -0.05) is 20.3 Å². The number of hydrogen-bond acceptors (Lipinski definition) is 7. The van der Waals surface area contributed by atoms with Crippen molar-refractivity contribution in [3.8, 4) is 0 Å². The highest BCUT2D eigenvalue weighted by molar-refractivity contribution is 5.95. The third kappa shape index (κ3) is 8.34. The van der Waals surface area contributed by atoms with E-state index in [0.717, 1.165) is 0 Å². The van der Waals surface area contributed by atoms with Crippen LogP contribution < -0.4 is 21.7 Å². The second-order valence-corrected chi connectivity index (χ2v) is 7.48. The molecule has 13 nitrogen and oxygen atoms in total. The maximum Gasteiger partial charge on any atom is 0.325 e. The van der Waals surface area contributed by atoms with Crippen LogP contribution in [-0.4, -0.2) is 74.0 Å². The molecule has 0 fully saturated rings. The number of aromatic amines is 1. The molecule has 0 aliphatic heterocycles. The van der Waals surface area contributed by atoms with Gasteiger partial charge in [-0.25, -0.2) is 4.98 Å². The summed E-state index contributed by atoms with van der Waals surface area (Å²) >= 11 is 0. The van der Waals surface area contributed by atoms with Gasteiger partial charge in [-0.2, -0.15) is 0 Å². The van der Waals surface area contributed by atoms with E-state index in [0.29, 0.717) is 12.1 Å². The van der Waals surface area contributed by atoms with Gasteiger partial charge in [0.2, 0.25) is 17.7 Å². The fraction of sp³-hybridized carbons (Fsp3) is 0.579. The molecule has 13 heteroatoms. The van der Waals surface area contributed by atoms with Gasteiger partial charge in [-0.15, -0.1) is 0 Å². The first-order valence-electron chi connectivity index (χ1n) is 10.0. The third-order valence-electron chi connectivity index (χ3n) is 4.91. The van der Waals surface area contributed by atoms with Gasteiger partial charge in [-0.05, 0) is 12.8 Å². The number of aliphatic carboxylic acids is 2. The fourth-order valence-electron chi connectivity index (χ4n) is 2.64. The number of H-pyrrole nitrogens is 1. The lowest BCUT2D eigenvalue weighted by Crippen LogP contribution is -2.58. The van der Waals surface area contributed by atoms with Gasteiger partial charge in [0.15, 0.2) is 0 Å². The van der Waals surface area contributed by atoms with Gasteiger partial charge >= 0.3 is 11.9 Å². The van der Waals surface area contributed by atoms with Crippen LogP contribution in [0.3, 0.4) is 0 Å². The Kier molecular flexibility index (Phi) is 10.3. The summed E-state index contributed by atoms with van der Waals surface area (Å²) in [5.41, 5.74) is 6.43. The molecule has 0 saturated carbocycles. The van der Waals surface area contributed by atoms with Crippen molar-refractivity contribution in [3.05, 3.63) is 18.2 Å². The van der Waals surface area contributed by atoms with Gasteiger partial charge in [0.05, 0.1) is 18.8 Å². The Bertz CT molecular complexity index is 813. The summed E-state index contributed by atoms with van der Waals surface area (Å²) in [4.78, 5) is 66.5. The van der Waals surface area contributed by atoms with Crippen molar-refractivity contribution >= 4 is 29.7 Å². The fourth-order valence-corrected chi connectivity index (χ4v) is 2.64. The number of imidazole rings is 1. The first-order valence-corrected chi connectivity index (χ1v) is 10.0. The van der Waals surface area contributed by atoms with E-state index in [-0.39, 0.29) is 12.3 Å². The first kappa shape index (κ1) is 26.6. The quantitative estimate of drug-likeness (QED) is 0.181. The number of rotatable bonds is 13. The second-order valence-electron chi connectivity index (χ2n) is 7.48. The molecule has 5 unspecified atom stereocenters. The molecule has 1 aromatic rings. The zero-order chi connectivity index (χ0) is 24.4. The minimum Gasteiger partial charge on any atom is -0.481 e. The second kappa shape index (κ2) is 12.4. The predicted molar refractivity (Wildman–Crippen MR) is 111 cm³/mol. The van der Waals surface area contributed by atoms with Gasteiger partial charge in [-0.3, -0.25) is 24.0 Å². The van der Waals surface area contributed by atoms with Gasteiger partial charge in [0.1, 0.15) is 18.1 Å². The molecular formula is C19H30N6O7. The topological polar surface area (TPSA) is 217 Å². The Morgan fingerprint density at radius 1 is 1.03 bits per heavy atom. The van der Waals surface area contributed by atoms with E-state index in [1.807, 2.05) is 6.92 Å². The van der Waals surface area contributed by atoms with E-state index >= 15 is 0 Å². The number of nitrogens with two attached hydrogens (primary N) is 1. The Balaban J connectivity index is 3.03. The number of carboxylic acid groups (broad SMARTS) is 2. The molecule has 3 amide bonds. The van der Waals surface area contributed by atoms with Crippen LogP contribution in [0.2, 0.25) is 0 Å². The minimum absolute atomic E-state index is 0.0300. The van der Waals surface area contributed by atoms with Crippen LogP contribution in [-0.2, 0) is 30.4 Å². The number of carbonyl (C=O) groups is 5. The van der Waals surface area contributed by atoms with Crippen molar-refractivity contribution in [1.29, 1.82) is 0 Å². The van der Waals surface area contributed by atoms with E-state index in [1.54, 1.807) is 6.92 Å². The lowest BCUT2D eigenvalue weighted by molar-refractivity contribution is -0.143. The molecule has 178 valence electrons. The molecule has 0 bridgehead atoms. The maximum atomic E-state index is 12.9. The molecule has 0 aliphatic rings. The highest BCUT2D eigenvalue weighted by Crippen LogP contribution is 2.07. The first-order chi connectivity index (χ1) is 15.0. The standard InChI is InChI=1S/C19H30N6O7/c1-4-9(2)15(20)18(30)25-12(5-11-7-21-8-22-11)17(29)24-13(6-14(26)27)16(28)23-10(3)19(31)32/h7-10,12-13,15H,4-6,20H2,1-3H3,(H,21,22)(H,23,28)(H,24,29)(H,25,30)(H,26,27)(H,31,32). The van der Waals surface area contributed by atoms with E-state index < -0.39 is 60.2 Å². The Labute approximate surface area is 184 Å². The van der Waals surface area contributed by atoms with Crippen molar-refractivity contribution in [2.45, 2.75) is 64.2 Å². The Hall–Kier alpha value is -3.48. The number of carboxylic acids is 2. The number of hydrogen-bond donors (Lipinski definition) is 7. The van der Waals surface area contributed by atoms with Crippen molar-refractivity contribution in [2.75, 3.05) is 0 Å². The summed E-state index contributed by atoms with van der Waals surface area (Å²) < 4.78 is 0. The molecule has 0 spiro atoms. The highest BCUT2D eigenvalue weighted by atomic mass is 16.4. The highest BCUT2D eigenvalue weighted by Gasteiger charge is 2.31. The summed E-state index contributed by atoms with van der Waals surface area (Å²) in [7, 11) is 0. The molecule has 5 atom stereocenters. The molecule has 1 rings (SSSR count). The van der Waals surface area contributed by atoms with Crippen LogP contribution in [0.1, 0.15) is 39.3 Å². The normalized spacial score (nSPS) is 15.5. The van der Waals surface area contributed by atoms with Crippen LogP contribution in [0.15, 0.2) is 12.5 Å². The summed E-state index contributed by atoms with van der Waals surface area (Å²) in [6.45, 7) is 4.84. The Morgan fingerprint density at radius 2 is 1.62 bits per heavy atom. The Morgan fingerprint density at radius 3 is 2.12 bits per heavy atom. The van der Waals surface area contributed by atoms with Gasteiger partial charge in [0, 0.05) is 18.3 Å². The van der Waals surface area contributed by atoms with E-state index in [9.17, 15) is 24.0 Å². The molecule has 0 aromatic carbocycles. The summed E-state index contributed by atoms with van der Waals surface area (Å²) in [6, 6.07) is -4.94. The predicted octanol–water partition coefficient (Wildman–Crippen LogP) is -1.64. The number of amides is 3. The van der Waals surface area contributed by atoms with Crippen LogP contribution >= 0.6 is 0 Å². The van der Waals surface area contributed by atoms with Crippen LogP contribution in [0.5, 0.6) is 0 Å². The van der Waals surface area contributed by atoms with Gasteiger partial charge < -0.3 is 36.9 Å².